The van der Waals surface area contributed by atoms with Crippen LogP contribution in [0.15, 0.2) is 48.5 Å². The Balaban J connectivity index is 2.19. The van der Waals surface area contributed by atoms with E-state index in [1.807, 2.05) is 26.2 Å². The zero-order valence-electron chi connectivity index (χ0n) is 13.2. The van der Waals surface area contributed by atoms with Crippen LogP contribution in [0.25, 0.3) is 11.1 Å². The van der Waals surface area contributed by atoms with Crippen molar-refractivity contribution in [2.24, 2.45) is 5.73 Å². The first-order valence-corrected chi connectivity index (χ1v) is 7.19. The van der Waals surface area contributed by atoms with Crippen LogP contribution in [0.5, 0.6) is 0 Å². The predicted octanol–water partition coefficient (Wildman–Crippen LogP) is 2.70. The second kappa shape index (κ2) is 7.20. The van der Waals surface area contributed by atoms with E-state index in [2.05, 4.69) is 29.2 Å². The third-order valence-electron chi connectivity index (χ3n) is 3.60. The zero-order valence-corrected chi connectivity index (χ0v) is 13.2. The molecule has 1 atom stereocenters. The number of benzene rings is 2. The number of primary amides is 1. The van der Waals surface area contributed by atoms with Gasteiger partial charge in [0.25, 0.3) is 0 Å². The maximum atomic E-state index is 11.1. The summed E-state index contributed by atoms with van der Waals surface area (Å²) in [5.74, 6) is -0.409. The minimum atomic E-state index is -0.409. The van der Waals surface area contributed by atoms with Crippen LogP contribution >= 0.6 is 0 Å². The molecule has 0 aliphatic heterocycles. The molecule has 0 fully saturated rings. The van der Waals surface area contributed by atoms with Gasteiger partial charge in [0.1, 0.15) is 0 Å². The lowest BCUT2D eigenvalue weighted by atomic mass is 10.0. The highest BCUT2D eigenvalue weighted by Gasteiger charge is 2.11. The Morgan fingerprint density at radius 2 is 1.55 bits per heavy atom. The molecule has 116 valence electrons. The Kier molecular flexibility index (Phi) is 5.31. The minimum Gasteiger partial charge on any atom is -0.375 e. The monoisotopic (exact) mass is 298 g/mol. The number of hydrogen-bond acceptors (Lipinski definition) is 3. The molecule has 0 saturated carbocycles. The maximum absolute atomic E-state index is 11.1. The number of nitrogens with zero attached hydrogens (tertiary/aromatic N) is 1. The Morgan fingerprint density at radius 1 is 1.05 bits per heavy atom. The lowest BCUT2D eigenvalue weighted by Gasteiger charge is -2.20. The number of rotatable bonds is 6. The molecule has 2 N–H and O–H groups in total. The molecule has 0 aromatic heterocycles. The summed E-state index contributed by atoms with van der Waals surface area (Å²) in [6.45, 7) is 0.836. The lowest BCUT2D eigenvalue weighted by molar-refractivity contribution is 0.0784. The molecule has 22 heavy (non-hydrogen) atoms. The first-order chi connectivity index (χ1) is 10.5. The summed E-state index contributed by atoms with van der Waals surface area (Å²) in [7, 11) is 5.78. The van der Waals surface area contributed by atoms with Crippen molar-refractivity contribution < 1.29 is 9.53 Å². The molecule has 4 nitrogen and oxygen atoms in total. The van der Waals surface area contributed by atoms with Crippen molar-refractivity contribution in [3.63, 3.8) is 0 Å². The van der Waals surface area contributed by atoms with Gasteiger partial charge in [-0.05, 0) is 42.9 Å². The minimum absolute atomic E-state index is 0.0567. The molecule has 0 radical (unpaired) electrons. The first kappa shape index (κ1) is 16.2. The molecule has 4 heteroatoms. The van der Waals surface area contributed by atoms with Crippen molar-refractivity contribution in [3.05, 3.63) is 59.7 Å². The van der Waals surface area contributed by atoms with Crippen LogP contribution in [-0.2, 0) is 4.74 Å². The first-order valence-electron chi connectivity index (χ1n) is 7.19. The summed E-state index contributed by atoms with van der Waals surface area (Å²) in [4.78, 5) is 13.2. The molecule has 2 aromatic rings. The van der Waals surface area contributed by atoms with Crippen molar-refractivity contribution in [2.45, 2.75) is 6.10 Å². The fraction of sp³-hybridized carbons (Fsp3) is 0.278. The summed E-state index contributed by atoms with van der Waals surface area (Å²) < 4.78 is 5.54. The molecule has 1 unspecified atom stereocenters. The van der Waals surface area contributed by atoms with E-state index in [-0.39, 0.29) is 6.10 Å². The highest BCUT2D eigenvalue weighted by Crippen LogP contribution is 2.24. The van der Waals surface area contributed by atoms with Gasteiger partial charge in [0.05, 0.1) is 6.10 Å². The summed E-state index contributed by atoms with van der Waals surface area (Å²) in [6.07, 6.45) is 0.0567. The summed E-state index contributed by atoms with van der Waals surface area (Å²) in [5.41, 5.74) is 9.07. The standard InChI is InChI=1S/C18H22N2O2/c1-20(2)12-17(22-3)15-8-4-13(5-9-15)14-6-10-16(11-7-14)18(19)21/h4-11,17H,12H2,1-3H3,(H2,19,21). The van der Waals surface area contributed by atoms with Gasteiger partial charge in [0.2, 0.25) is 5.91 Å². The molecular formula is C18H22N2O2. The summed E-state index contributed by atoms with van der Waals surface area (Å²) in [5, 5.41) is 0. The third kappa shape index (κ3) is 3.93. The normalized spacial score (nSPS) is 12.4. The number of methoxy groups -OCH3 is 1. The second-order valence-corrected chi connectivity index (χ2v) is 5.55. The fourth-order valence-corrected chi connectivity index (χ4v) is 2.36. The number of likely N-dealkylation sites (N-methyl/N-ethyl adjacent to an activating group) is 1. The molecular weight excluding hydrogens is 276 g/mol. The van der Waals surface area contributed by atoms with Gasteiger partial charge in [-0.1, -0.05) is 36.4 Å². The Labute approximate surface area is 131 Å². The molecule has 0 heterocycles. The maximum Gasteiger partial charge on any atom is 0.248 e. The average molecular weight is 298 g/mol. The average Bonchev–Trinajstić information content (AvgIpc) is 2.52. The van der Waals surface area contributed by atoms with Gasteiger partial charge in [0, 0.05) is 19.2 Å². The van der Waals surface area contributed by atoms with Crippen LogP contribution in [0.4, 0.5) is 0 Å². The molecule has 1 amide bonds. The van der Waals surface area contributed by atoms with Crippen LogP contribution in [0.2, 0.25) is 0 Å². The number of carbonyl (C=O) groups is 1. The van der Waals surface area contributed by atoms with E-state index in [0.717, 1.165) is 23.2 Å². The SMILES string of the molecule is COC(CN(C)C)c1ccc(-c2ccc(C(N)=O)cc2)cc1. The van der Waals surface area contributed by atoms with Gasteiger partial charge in [-0.3, -0.25) is 4.79 Å². The topological polar surface area (TPSA) is 55.6 Å². The smallest absolute Gasteiger partial charge is 0.248 e. The molecule has 2 rings (SSSR count). The Hall–Kier alpha value is -2.17. The molecule has 2 aromatic carbocycles. The van der Waals surface area contributed by atoms with Crippen LogP contribution in [0, 0.1) is 0 Å². The molecule has 0 bridgehead atoms. The number of ether oxygens (including phenoxy) is 1. The summed E-state index contributed by atoms with van der Waals surface area (Å²) >= 11 is 0. The van der Waals surface area contributed by atoms with Crippen molar-refractivity contribution in [1.29, 1.82) is 0 Å². The van der Waals surface area contributed by atoms with Crippen molar-refractivity contribution in [1.82, 2.24) is 4.90 Å². The van der Waals surface area contributed by atoms with Crippen LogP contribution in [0.3, 0.4) is 0 Å². The predicted molar refractivity (Wildman–Crippen MR) is 88.7 cm³/mol. The van der Waals surface area contributed by atoms with E-state index in [0.29, 0.717) is 5.56 Å². The van der Waals surface area contributed by atoms with Crippen molar-refractivity contribution in [2.75, 3.05) is 27.7 Å². The molecule has 0 saturated heterocycles. The van der Waals surface area contributed by atoms with Gasteiger partial charge >= 0.3 is 0 Å². The number of amides is 1. The highest BCUT2D eigenvalue weighted by molar-refractivity contribution is 5.93. The Morgan fingerprint density at radius 3 is 1.95 bits per heavy atom. The van der Waals surface area contributed by atoms with E-state index in [1.54, 1.807) is 19.2 Å². The van der Waals surface area contributed by atoms with E-state index < -0.39 is 5.91 Å². The molecule has 0 aliphatic rings. The van der Waals surface area contributed by atoms with E-state index >= 15 is 0 Å². The van der Waals surface area contributed by atoms with Gasteiger partial charge in [0.15, 0.2) is 0 Å². The fourth-order valence-electron chi connectivity index (χ4n) is 2.36. The highest BCUT2D eigenvalue weighted by atomic mass is 16.5. The second-order valence-electron chi connectivity index (χ2n) is 5.55. The van der Waals surface area contributed by atoms with Gasteiger partial charge in [-0.15, -0.1) is 0 Å². The van der Waals surface area contributed by atoms with Crippen LogP contribution in [-0.4, -0.2) is 38.6 Å². The van der Waals surface area contributed by atoms with Crippen molar-refractivity contribution >= 4 is 5.91 Å². The Bertz CT molecular complexity index is 619. The van der Waals surface area contributed by atoms with Gasteiger partial charge < -0.3 is 15.4 Å². The van der Waals surface area contributed by atoms with Crippen LogP contribution in [0.1, 0.15) is 22.0 Å². The van der Waals surface area contributed by atoms with Crippen LogP contribution < -0.4 is 5.73 Å². The number of nitrogens with two attached hydrogens (primary N) is 1. The van der Waals surface area contributed by atoms with E-state index in [4.69, 9.17) is 10.5 Å². The number of hydrogen-bond donors (Lipinski definition) is 1. The van der Waals surface area contributed by atoms with Gasteiger partial charge in [-0.25, -0.2) is 0 Å². The van der Waals surface area contributed by atoms with E-state index in [1.165, 1.54) is 0 Å². The largest absolute Gasteiger partial charge is 0.375 e. The molecule has 0 spiro atoms. The van der Waals surface area contributed by atoms with Crippen molar-refractivity contribution in [3.8, 4) is 11.1 Å². The van der Waals surface area contributed by atoms with Gasteiger partial charge in [-0.2, -0.15) is 0 Å². The summed E-state index contributed by atoms with van der Waals surface area (Å²) in [6, 6.07) is 15.6. The molecule has 0 aliphatic carbocycles. The number of carbonyl (C=O) groups excluding carboxylic acids is 1. The third-order valence-corrected chi connectivity index (χ3v) is 3.60. The zero-order chi connectivity index (χ0) is 16.1. The quantitative estimate of drug-likeness (QED) is 0.892. The lowest BCUT2D eigenvalue weighted by Crippen LogP contribution is -2.21. The van der Waals surface area contributed by atoms with E-state index in [9.17, 15) is 4.79 Å².